The minimum absolute atomic E-state index is 0.0723. The van der Waals surface area contributed by atoms with Gasteiger partial charge in [0.05, 0.1) is 6.10 Å². The van der Waals surface area contributed by atoms with E-state index in [1.807, 2.05) is 0 Å². The van der Waals surface area contributed by atoms with Gasteiger partial charge in [0.15, 0.2) is 0 Å². The summed E-state index contributed by atoms with van der Waals surface area (Å²) in [5.74, 6) is 2.75. The largest absolute Gasteiger partial charge is 0.393 e. The van der Waals surface area contributed by atoms with E-state index in [-0.39, 0.29) is 11.5 Å². The summed E-state index contributed by atoms with van der Waals surface area (Å²) in [6.45, 7) is 17.4. The van der Waals surface area contributed by atoms with Gasteiger partial charge in [-0.05, 0) is 98.9 Å². The van der Waals surface area contributed by atoms with Gasteiger partial charge in [-0.3, -0.25) is 4.99 Å². The van der Waals surface area contributed by atoms with E-state index in [4.69, 9.17) is 4.99 Å². The van der Waals surface area contributed by atoms with Crippen molar-refractivity contribution in [2.24, 2.45) is 39.5 Å². The van der Waals surface area contributed by atoms with Crippen molar-refractivity contribution in [1.29, 1.82) is 0 Å². The molecule has 1 aliphatic heterocycles. The van der Waals surface area contributed by atoms with E-state index < -0.39 is 0 Å². The van der Waals surface area contributed by atoms with Gasteiger partial charge in [0.2, 0.25) is 0 Å². The summed E-state index contributed by atoms with van der Waals surface area (Å²) in [5, 5.41) is 10.3. The molecule has 0 unspecified atom stereocenters. The summed E-state index contributed by atoms with van der Waals surface area (Å²) < 4.78 is 0. The number of hydrogen-bond donors (Lipinski definition) is 1. The van der Waals surface area contributed by atoms with Crippen LogP contribution in [0.3, 0.4) is 0 Å². The van der Waals surface area contributed by atoms with Crippen LogP contribution in [0.1, 0.15) is 98.8 Å². The molecular weight excluding hydrogens is 366 g/mol. The third-order valence-electron chi connectivity index (χ3n) is 9.92. The van der Waals surface area contributed by atoms with Crippen LogP contribution >= 0.6 is 0 Å². The van der Waals surface area contributed by atoms with E-state index in [1.54, 1.807) is 11.1 Å². The Labute approximate surface area is 185 Å². The molecule has 30 heavy (non-hydrogen) atoms. The minimum Gasteiger partial charge on any atom is -0.393 e. The molecule has 0 radical (unpaired) electrons. The average Bonchev–Trinajstić information content (AvgIpc) is 2.71. The normalized spacial score (nSPS) is 39.7. The van der Waals surface area contributed by atoms with E-state index in [1.165, 1.54) is 62.7 Å². The summed E-state index contributed by atoms with van der Waals surface area (Å²) in [6, 6.07) is 0. The smallest absolute Gasteiger partial charge is 0.0543 e. The maximum absolute atomic E-state index is 10.3. The van der Waals surface area contributed by atoms with Crippen molar-refractivity contribution in [3.8, 4) is 0 Å². The van der Waals surface area contributed by atoms with Crippen LogP contribution in [0.4, 0.5) is 0 Å². The fourth-order valence-corrected chi connectivity index (χ4v) is 7.66. The highest BCUT2D eigenvalue weighted by Crippen LogP contribution is 2.60. The summed E-state index contributed by atoms with van der Waals surface area (Å²) in [4.78, 5) is 5.24. The zero-order valence-corrected chi connectivity index (χ0v) is 20.3. The van der Waals surface area contributed by atoms with E-state index in [0.717, 1.165) is 31.2 Å². The minimum atomic E-state index is -0.0723. The first-order valence-electron chi connectivity index (χ1n) is 12.8. The van der Waals surface area contributed by atoms with Gasteiger partial charge >= 0.3 is 0 Å². The summed E-state index contributed by atoms with van der Waals surface area (Å²) in [6.07, 6.45) is 11.8. The van der Waals surface area contributed by atoms with E-state index >= 15 is 0 Å². The van der Waals surface area contributed by atoms with Crippen molar-refractivity contribution in [2.45, 2.75) is 105 Å². The molecule has 0 aromatic heterocycles. The lowest BCUT2D eigenvalue weighted by molar-refractivity contribution is 0.0239. The second kappa shape index (κ2) is 8.23. The summed E-state index contributed by atoms with van der Waals surface area (Å²) in [7, 11) is 0. The second-order valence-corrected chi connectivity index (χ2v) is 11.9. The van der Waals surface area contributed by atoms with Crippen LogP contribution in [-0.4, -0.2) is 23.5 Å². The van der Waals surface area contributed by atoms with E-state index in [2.05, 4.69) is 41.2 Å². The van der Waals surface area contributed by atoms with Crippen LogP contribution < -0.4 is 0 Å². The van der Waals surface area contributed by atoms with Crippen LogP contribution in [0, 0.1) is 34.5 Å². The molecule has 1 fully saturated rings. The Morgan fingerprint density at radius 3 is 2.60 bits per heavy atom. The van der Waals surface area contributed by atoms with Gasteiger partial charge in [-0.1, -0.05) is 52.3 Å². The molecule has 4 rings (SSSR count). The van der Waals surface area contributed by atoms with Gasteiger partial charge in [0.25, 0.3) is 0 Å². The van der Waals surface area contributed by atoms with E-state index in [9.17, 15) is 5.11 Å². The third-order valence-corrected chi connectivity index (χ3v) is 9.92. The number of allylic oxidation sites excluding steroid dienone is 3. The molecule has 0 aromatic rings. The van der Waals surface area contributed by atoms with Crippen molar-refractivity contribution in [3.05, 3.63) is 23.3 Å². The molecule has 3 aliphatic carbocycles. The maximum atomic E-state index is 10.3. The molecule has 1 N–H and O–H groups in total. The lowest BCUT2D eigenvalue weighted by Gasteiger charge is -2.55. The first kappa shape index (κ1) is 22.3. The predicted octanol–water partition coefficient (Wildman–Crippen LogP) is 7.13. The van der Waals surface area contributed by atoms with Crippen LogP contribution in [-0.2, 0) is 0 Å². The number of fused-ring (bicyclic) bond motifs is 4. The second-order valence-electron chi connectivity index (χ2n) is 11.9. The predicted molar refractivity (Wildman–Crippen MR) is 128 cm³/mol. The standard InChI is InChI=1S/C28H45NO/c1-18(2)19(3)7-8-20(4)24-13-16-29-26-23-10-9-21-17-22(30)11-14-27(21,5)25(23)12-15-28(24,26)6/h18,20-22,24,30H,3,7-17H2,1-2,4-6H3/t20-,21+,22+,24-,27-,28+/m1/s1. The Hall–Kier alpha value is -0.890. The number of nitrogens with zero attached hydrogens (tertiary/aromatic N) is 1. The van der Waals surface area contributed by atoms with Crippen molar-refractivity contribution in [1.82, 2.24) is 0 Å². The fraction of sp³-hybridized carbons (Fsp3) is 0.821. The van der Waals surface area contributed by atoms with Crippen molar-refractivity contribution >= 4 is 5.71 Å². The number of rotatable bonds is 5. The first-order valence-corrected chi connectivity index (χ1v) is 12.8. The molecular formula is C28H45NO. The zero-order valence-electron chi connectivity index (χ0n) is 20.3. The molecule has 4 aliphatic rings. The highest BCUT2D eigenvalue weighted by molar-refractivity contribution is 6.06. The van der Waals surface area contributed by atoms with Gasteiger partial charge in [-0.2, -0.15) is 0 Å². The SMILES string of the molecule is C=C(CC[C@@H](C)[C@H]1CCN=C2C3=C(CC[C@]21C)[C@]1(C)CC[C@H](O)C[C@@H]1CC3)C(C)C. The van der Waals surface area contributed by atoms with Crippen LogP contribution in [0.5, 0.6) is 0 Å². The molecule has 0 saturated heterocycles. The monoisotopic (exact) mass is 411 g/mol. The van der Waals surface area contributed by atoms with Crippen molar-refractivity contribution < 1.29 is 5.11 Å². The summed E-state index contributed by atoms with van der Waals surface area (Å²) in [5.41, 5.74) is 6.87. The first-order chi connectivity index (χ1) is 14.2. The highest BCUT2D eigenvalue weighted by Gasteiger charge is 2.52. The molecule has 1 heterocycles. The molecule has 0 aromatic carbocycles. The molecule has 1 saturated carbocycles. The fourth-order valence-electron chi connectivity index (χ4n) is 7.66. The Kier molecular flexibility index (Phi) is 6.12. The Balaban J connectivity index is 1.58. The number of aliphatic imine (C=N–C) groups is 1. The lowest BCUT2D eigenvalue weighted by atomic mass is 9.50. The highest BCUT2D eigenvalue weighted by atomic mass is 16.3. The van der Waals surface area contributed by atoms with Crippen LogP contribution in [0.25, 0.3) is 0 Å². The topological polar surface area (TPSA) is 32.6 Å². The zero-order chi connectivity index (χ0) is 21.7. The number of hydrogen-bond acceptors (Lipinski definition) is 2. The lowest BCUT2D eigenvalue weighted by Crippen LogP contribution is -2.50. The van der Waals surface area contributed by atoms with Crippen LogP contribution in [0.15, 0.2) is 28.3 Å². The number of aliphatic hydroxyl groups is 1. The molecule has 0 amide bonds. The molecule has 2 nitrogen and oxygen atoms in total. The molecule has 6 atom stereocenters. The molecule has 168 valence electrons. The maximum Gasteiger partial charge on any atom is 0.0543 e. The Morgan fingerprint density at radius 2 is 1.87 bits per heavy atom. The van der Waals surface area contributed by atoms with Crippen molar-refractivity contribution in [2.75, 3.05) is 6.54 Å². The van der Waals surface area contributed by atoms with Gasteiger partial charge in [-0.15, -0.1) is 0 Å². The summed E-state index contributed by atoms with van der Waals surface area (Å²) >= 11 is 0. The molecule has 2 heteroatoms. The van der Waals surface area contributed by atoms with Gasteiger partial charge in [0, 0.05) is 17.7 Å². The van der Waals surface area contributed by atoms with Crippen LogP contribution in [0.2, 0.25) is 0 Å². The number of aliphatic hydroxyl groups excluding tert-OH is 1. The Bertz CT molecular complexity index is 746. The van der Waals surface area contributed by atoms with Gasteiger partial charge in [0.1, 0.15) is 0 Å². The van der Waals surface area contributed by atoms with Gasteiger partial charge in [-0.25, -0.2) is 0 Å². The third kappa shape index (κ3) is 3.65. The quantitative estimate of drug-likeness (QED) is 0.479. The van der Waals surface area contributed by atoms with Gasteiger partial charge < -0.3 is 5.11 Å². The molecule has 0 spiro atoms. The average molecular weight is 412 g/mol. The van der Waals surface area contributed by atoms with Crippen molar-refractivity contribution in [3.63, 3.8) is 0 Å². The van der Waals surface area contributed by atoms with E-state index in [0.29, 0.717) is 17.3 Å². The Morgan fingerprint density at radius 1 is 1.10 bits per heavy atom. The molecule has 0 bridgehead atoms.